The summed E-state index contributed by atoms with van der Waals surface area (Å²) in [5.41, 5.74) is 20.2. The first-order valence-electron chi connectivity index (χ1n) is 8.83. The number of carbonyl (C=O) groups is 6. The van der Waals surface area contributed by atoms with Crippen LogP contribution in [-0.4, -0.2) is 69.9 Å². The normalized spacial score (nSPS) is 14.0. The van der Waals surface area contributed by atoms with Crippen LogP contribution in [0, 0.1) is 0 Å². The van der Waals surface area contributed by atoms with E-state index in [1.807, 2.05) is 0 Å². The molecule has 0 heterocycles. The molecule has 4 atom stereocenters. The molecule has 0 saturated carbocycles. The third-order valence-corrected chi connectivity index (χ3v) is 3.42. The van der Waals surface area contributed by atoms with Gasteiger partial charge in [0.25, 0.3) is 0 Å². The van der Waals surface area contributed by atoms with E-state index in [1.165, 1.54) is 13.8 Å². The van der Waals surface area contributed by atoms with Gasteiger partial charge in [0, 0.05) is 12.8 Å². The molecule has 0 unspecified atom stereocenters. The molecule has 12 N–H and O–H groups in total. The number of nitrogens with two attached hydrogens (primary N) is 4. The number of hydrogen-bond acceptors (Lipinski definition) is 8. The summed E-state index contributed by atoms with van der Waals surface area (Å²) in [6.45, 7) is 2.87. The number of carbonyl (C=O) groups excluding carboxylic acids is 4. The smallest absolute Gasteiger partial charge is 0.326 e. The van der Waals surface area contributed by atoms with Crippen LogP contribution in [0.5, 0.6) is 0 Å². The minimum absolute atomic E-state index is 0.0386. The molecule has 4 amide bonds. The van der Waals surface area contributed by atoms with Crippen molar-refractivity contribution in [3.63, 3.8) is 0 Å². The molecule has 0 aliphatic heterocycles. The largest absolute Gasteiger partial charge is 0.480 e. The summed E-state index contributed by atoms with van der Waals surface area (Å²) >= 11 is 0. The molecule has 0 spiro atoms. The number of nitrogens with one attached hydrogen (secondary N) is 2. The standard InChI is InChI=1S/2C8H15N3O4/c2*1-4(9)7(13)11-5(8(14)15)2-3-6(10)12/h2*4-5H,2-3,9H2,1H3,(H2,10,12)(H,11,13)(H,14,15)/t2*4-,5-/m00/s1. The lowest BCUT2D eigenvalue weighted by Crippen LogP contribution is -2.47. The highest BCUT2D eigenvalue weighted by molar-refractivity contribution is 5.87. The van der Waals surface area contributed by atoms with Gasteiger partial charge in [0.2, 0.25) is 23.6 Å². The van der Waals surface area contributed by atoms with Crippen LogP contribution in [0.3, 0.4) is 0 Å². The van der Waals surface area contributed by atoms with E-state index in [1.54, 1.807) is 0 Å². The quantitative estimate of drug-likeness (QED) is 0.149. The molecule has 0 aliphatic rings. The second-order valence-electron chi connectivity index (χ2n) is 6.39. The van der Waals surface area contributed by atoms with Gasteiger partial charge in [-0.3, -0.25) is 19.2 Å². The molecule has 0 saturated heterocycles. The zero-order chi connectivity index (χ0) is 24.0. The van der Waals surface area contributed by atoms with E-state index in [4.69, 9.17) is 33.1 Å². The molecule has 0 radical (unpaired) electrons. The lowest BCUT2D eigenvalue weighted by molar-refractivity contribution is -0.142. The highest BCUT2D eigenvalue weighted by atomic mass is 16.4. The Kier molecular flexibility index (Phi) is 14.2. The molecule has 14 heteroatoms. The van der Waals surface area contributed by atoms with Crippen LogP contribution in [-0.2, 0) is 28.8 Å². The average Bonchev–Trinajstić information content (AvgIpc) is 2.60. The summed E-state index contributed by atoms with van der Waals surface area (Å²) in [4.78, 5) is 64.4. The predicted molar refractivity (Wildman–Crippen MR) is 103 cm³/mol. The molecule has 172 valence electrons. The fourth-order valence-corrected chi connectivity index (χ4v) is 1.69. The van der Waals surface area contributed by atoms with Gasteiger partial charge in [-0.2, -0.15) is 0 Å². The van der Waals surface area contributed by atoms with Crippen LogP contribution in [0.1, 0.15) is 39.5 Å². The summed E-state index contributed by atoms with van der Waals surface area (Å²) < 4.78 is 0. The van der Waals surface area contributed by atoms with Gasteiger partial charge in [0.15, 0.2) is 0 Å². The monoisotopic (exact) mass is 434 g/mol. The van der Waals surface area contributed by atoms with E-state index < -0.39 is 59.7 Å². The molecule has 14 nitrogen and oxygen atoms in total. The predicted octanol–water partition coefficient (Wildman–Crippen LogP) is -3.66. The number of carboxylic acids is 2. The molecule has 0 aromatic heterocycles. The van der Waals surface area contributed by atoms with Crippen LogP contribution in [0.2, 0.25) is 0 Å². The van der Waals surface area contributed by atoms with E-state index in [-0.39, 0.29) is 25.7 Å². The molecular formula is C16H30N6O8. The van der Waals surface area contributed by atoms with E-state index >= 15 is 0 Å². The van der Waals surface area contributed by atoms with Crippen molar-refractivity contribution in [1.82, 2.24) is 10.6 Å². The number of hydrogen-bond donors (Lipinski definition) is 8. The molecule has 0 aromatic carbocycles. The first-order valence-corrected chi connectivity index (χ1v) is 8.83. The summed E-state index contributed by atoms with van der Waals surface area (Å²) in [6.07, 6.45) is -0.279. The van der Waals surface area contributed by atoms with Crippen LogP contribution >= 0.6 is 0 Å². The maximum atomic E-state index is 11.1. The maximum absolute atomic E-state index is 11.1. The summed E-state index contributed by atoms with van der Waals surface area (Å²) in [6, 6.07) is -3.84. The van der Waals surface area contributed by atoms with E-state index in [0.717, 1.165) is 0 Å². The SMILES string of the molecule is C[C@H](N)C(=O)N[C@@H](CCC(N)=O)C(=O)O.C[C@H](N)C(=O)N[C@@H](CCC(N)=O)C(=O)O. The van der Waals surface area contributed by atoms with Crippen molar-refractivity contribution < 1.29 is 39.0 Å². The Morgan fingerprint density at radius 1 is 0.700 bits per heavy atom. The molecular weight excluding hydrogens is 404 g/mol. The van der Waals surface area contributed by atoms with E-state index in [2.05, 4.69) is 10.6 Å². The zero-order valence-electron chi connectivity index (χ0n) is 16.8. The maximum Gasteiger partial charge on any atom is 0.326 e. The highest BCUT2D eigenvalue weighted by Crippen LogP contribution is 1.98. The summed E-state index contributed by atoms with van der Waals surface area (Å²) in [5.74, 6) is -4.82. The number of rotatable bonds is 12. The van der Waals surface area contributed by atoms with Gasteiger partial charge in [-0.15, -0.1) is 0 Å². The number of amides is 4. The second-order valence-corrected chi connectivity index (χ2v) is 6.39. The first-order chi connectivity index (χ1) is 13.7. The topological polar surface area (TPSA) is 271 Å². The Hall–Kier alpha value is -3.26. The fourth-order valence-electron chi connectivity index (χ4n) is 1.69. The van der Waals surface area contributed by atoms with Gasteiger partial charge in [0.1, 0.15) is 12.1 Å². The Labute approximate surface area is 172 Å². The van der Waals surface area contributed by atoms with E-state index in [9.17, 15) is 28.8 Å². The van der Waals surface area contributed by atoms with Crippen LogP contribution < -0.4 is 33.6 Å². The highest BCUT2D eigenvalue weighted by Gasteiger charge is 2.22. The Morgan fingerprint density at radius 3 is 1.13 bits per heavy atom. The van der Waals surface area contributed by atoms with Crippen molar-refractivity contribution >= 4 is 35.6 Å². The number of carboxylic acid groups (broad SMARTS) is 2. The van der Waals surface area contributed by atoms with Crippen molar-refractivity contribution in [2.75, 3.05) is 0 Å². The number of aliphatic carboxylic acids is 2. The van der Waals surface area contributed by atoms with Crippen molar-refractivity contribution in [2.45, 2.75) is 63.7 Å². The Balaban J connectivity index is 0. The fraction of sp³-hybridized carbons (Fsp3) is 0.625. The van der Waals surface area contributed by atoms with Crippen molar-refractivity contribution in [3.8, 4) is 0 Å². The lowest BCUT2D eigenvalue weighted by atomic mass is 10.1. The van der Waals surface area contributed by atoms with Crippen LogP contribution in [0.15, 0.2) is 0 Å². The Morgan fingerprint density at radius 2 is 0.967 bits per heavy atom. The van der Waals surface area contributed by atoms with Crippen molar-refractivity contribution in [1.29, 1.82) is 0 Å². The van der Waals surface area contributed by atoms with Gasteiger partial charge >= 0.3 is 11.9 Å². The minimum atomic E-state index is -1.22. The third kappa shape index (κ3) is 14.8. The van der Waals surface area contributed by atoms with Gasteiger partial charge in [-0.25, -0.2) is 9.59 Å². The molecule has 0 rings (SSSR count). The molecule has 30 heavy (non-hydrogen) atoms. The van der Waals surface area contributed by atoms with Gasteiger partial charge in [-0.05, 0) is 26.7 Å². The van der Waals surface area contributed by atoms with Gasteiger partial charge in [0.05, 0.1) is 12.1 Å². The Bertz CT molecular complexity index is 583. The second kappa shape index (κ2) is 14.7. The number of primary amides is 2. The van der Waals surface area contributed by atoms with Gasteiger partial charge in [-0.1, -0.05) is 0 Å². The molecule has 0 bridgehead atoms. The van der Waals surface area contributed by atoms with E-state index in [0.29, 0.717) is 0 Å². The van der Waals surface area contributed by atoms with Crippen molar-refractivity contribution in [3.05, 3.63) is 0 Å². The lowest BCUT2D eigenvalue weighted by Gasteiger charge is -2.14. The summed E-state index contributed by atoms with van der Waals surface area (Å²) in [5, 5.41) is 21.8. The van der Waals surface area contributed by atoms with Gasteiger partial charge < -0.3 is 43.8 Å². The first kappa shape index (κ1) is 28.9. The molecule has 0 fully saturated rings. The van der Waals surface area contributed by atoms with Crippen LogP contribution in [0.4, 0.5) is 0 Å². The third-order valence-electron chi connectivity index (χ3n) is 3.42. The van der Waals surface area contributed by atoms with Crippen molar-refractivity contribution in [2.24, 2.45) is 22.9 Å². The molecule has 0 aliphatic carbocycles. The minimum Gasteiger partial charge on any atom is -0.480 e. The molecule has 0 aromatic rings. The van der Waals surface area contributed by atoms with Crippen LogP contribution in [0.25, 0.3) is 0 Å². The summed E-state index contributed by atoms with van der Waals surface area (Å²) in [7, 11) is 0. The average molecular weight is 434 g/mol. The zero-order valence-corrected chi connectivity index (χ0v) is 16.8.